The molecule has 6 nitrogen and oxygen atoms in total. The highest BCUT2D eigenvalue weighted by atomic mass is 19.3. The topological polar surface area (TPSA) is 50.1 Å². The van der Waals surface area contributed by atoms with Crippen LogP contribution in [-0.2, 0) is 6.54 Å². The Morgan fingerprint density at radius 1 is 1.04 bits per heavy atom. The van der Waals surface area contributed by atoms with Gasteiger partial charge in [-0.25, -0.2) is 23.4 Å². The van der Waals surface area contributed by atoms with E-state index in [1.807, 2.05) is 6.07 Å². The fourth-order valence-electron chi connectivity index (χ4n) is 4.50. The number of nitrogens with zero attached hydrogens (tertiary/aromatic N) is 6. The minimum atomic E-state index is -2.47. The van der Waals surface area contributed by atoms with Gasteiger partial charge < -0.3 is 9.80 Å². The van der Waals surface area contributed by atoms with Crippen LogP contribution >= 0.6 is 0 Å². The van der Waals surface area contributed by atoms with Gasteiger partial charge in [-0.15, -0.1) is 0 Å². The van der Waals surface area contributed by atoms with Gasteiger partial charge >= 0.3 is 0 Å². The number of rotatable bonds is 4. The number of aromatic nitrogens is 4. The van der Waals surface area contributed by atoms with Crippen molar-refractivity contribution in [1.29, 1.82) is 0 Å². The molecule has 8 heteroatoms. The number of hydrogen-bond donors (Lipinski definition) is 0. The Morgan fingerprint density at radius 2 is 1.82 bits per heavy atom. The van der Waals surface area contributed by atoms with E-state index in [0.717, 1.165) is 38.4 Å². The van der Waals surface area contributed by atoms with Crippen LogP contribution in [-0.4, -0.2) is 52.4 Å². The zero-order valence-corrected chi connectivity index (χ0v) is 15.5. The molecule has 28 heavy (non-hydrogen) atoms. The van der Waals surface area contributed by atoms with Crippen molar-refractivity contribution in [3.05, 3.63) is 42.7 Å². The highest BCUT2D eigenvalue weighted by Crippen LogP contribution is 2.42. The first-order chi connectivity index (χ1) is 13.6. The molecule has 0 aliphatic carbocycles. The Bertz CT molecular complexity index is 967. The van der Waals surface area contributed by atoms with E-state index in [0.29, 0.717) is 11.2 Å². The van der Waals surface area contributed by atoms with Gasteiger partial charge in [-0.3, -0.25) is 0 Å². The molecule has 2 aliphatic rings. The Morgan fingerprint density at radius 3 is 2.61 bits per heavy atom. The summed E-state index contributed by atoms with van der Waals surface area (Å²) < 4.78 is 26.8. The van der Waals surface area contributed by atoms with Crippen LogP contribution < -0.4 is 9.80 Å². The SMILES string of the molecule is FC(F)Cn1ncc2ncc(N3CCCC4(CN(c5ccccc5)C4)C3)nc21. The Kier molecular flexibility index (Phi) is 4.14. The maximum Gasteiger partial charge on any atom is 0.258 e. The lowest BCUT2D eigenvalue weighted by atomic mass is 9.73. The van der Waals surface area contributed by atoms with Crippen LogP contribution in [0.5, 0.6) is 0 Å². The summed E-state index contributed by atoms with van der Waals surface area (Å²) in [4.78, 5) is 13.7. The van der Waals surface area contributed by atoms with Crippen LogP contribution in [0.1, 0.15) is 12.8 Å². The predicted octanol–water partition coefficient (Wildman–Crippen LogP) is 3.20. The van der Waals surface area contributed by atoms with E-state index in [-0.39, 0.29) is 5.41 Å². The van der Waals surface area contributed by atoms with E-state index in [4.69, 9.17) is 0 Å². The van der Waals surface area contributed by atoms with E-state index < -0.39 is 13.0 Å². The molecule has 2 saturated heterocycles. The molecule has 0 radical (unpaired) electrons. The van der Waals surface area contributed by atoms with Crippen molar-refractivity contribution in [3.63, 3.8) is 0 Å². The van der Waals surface area contributed by atoms with Gasteiger partial charge in [-0.05, 0) is 25.0 Å². The fourth-order valence-corrected chi connectivity index (χ4v) is 4.50. The van der Waals surface area contributed by atoms with Gasteiger partial charge in [0.15, 0.2) is 5.65 Å². The summed E-state index contributed by atoms with van der Waals surface area (Å²) in [6.45, 7) is 3.44. The van der Waals surface area contributed by atoms with E-state index in [9.17, 15) is 8.78 Å². The number of piperidine rings is 1. The molecule has 146 valence electrons. The average molecular weight is 384 g/mol. The summed E-state index contributed by atoms with van der Waals surface area (Å²) >= 11 is 0. The Hall–Kier alpha value is -2.77. The van der Waals surface area contributed by atoms with Gasteiger partial charge in [0, 0.05) is 37.3 Å². The first-order valence-corrected chi connectivity index (χ1v) is 9.64. The van der Waals surface area contributed by atoms with Crippen LogP contribution in [0.15, 0.2) is 42.7 Å². The number of alkyl halides is 2. The van der Waals surface area contributed by atoms with E-state index in [1.165, 1.54) is 23.0 Å². The molecule has 1 aromatic carbocycles. The van der Waals surface area contributed by atoms with E-state index >= 15 is 0 Å². The van der Waals surface area contributed by atoms with Crippen LogP contribution in [0.4, 0.5) is 20.3 Å². The van der Waals surface area contributed by atoms with Crippen molar-refractivity contribution in [2.45, 2.75) is 25.8 Å². The van der Waals surface area contributed by atoms with Crippen LogP contribution in [0.25, 0.3) is 11.2 Å². The zero-order valence-electron chi connectivity index (χ0n) is 15.5. The molecule has 0 atom stereocenters. The summed E-state index contributed by atoms with van der Waals surface area (Å²) in [5, 5.41) is 4.01. The van der Waals surface area contributed by atoms with Crippen LogP contribution in [0.2, 0.25) is 0 Å². The van der Waals surface area contributed by atoms with E-state index in [2.05, 4.69) is 49.1 Å². The molecule has 4 heterocycles. The summed E-state index contributed by atoms with van der Waals surface area (Å²) in [6.07, 6.45) is 3.06. The predicted molar refractivity (Wildman–Crippen MR) is 104 cm³/mol. The molecule has 0 amide bonds. The monoisotopic (exact) mass is 384 g/mol. The molecule has 0 saturated carbocycles. The smallest absolute Gasteiger partial charge is 0.258 e. The van der Waals surface area contributed by atoms with Crippen molar-refractivity contribution < 1.29 is 8.78 Å². The van der Waals surface area contributed by atoms with Crippen molar-refractivity contribution in [2.24, 2.45) is 5.41 Å². The third-order valence-corrected chi connectivity index (χ3v) is 5.80. The summed E-state index contributed by atoms with van der Waals surface area (Å²) in [5.74, 6) is 0.751. The summed E-state index contributed by atoms with van der Waals surface area (Å²) in [5.41, 5.74) is 2.50. The molecular formula is C20H22F2N6. The van der Waals surface area contributed by atoms with Gasteiger partial charge in [0.1, 0.15) is 17.9 Å². The first kappa shape index (κ1) is 17.3. The molecule has 2 fully saturated rings. The minimum Gasteiger partial charge on any atom is -0.370 e. The highest BCUT2D eigenvalue weighted by Gasteiger charge is 2.46. The van der Waals surface area contributed by atoms with Crippen LogP contribution in [0.3, 0.4) is 0 Å². The van der Waals surface area contributed by atoms with Crippen molar-refractivity contribution in [2.75, 3.05) is 36.0 Å². The largest absolute Gasteiger partial charge is 0.370 e. The average Bonchev–Trinajstić information content (AvgIpc) is 3.08. The summed E-state index contributed by atoms with van der Waals surface area (Å²) in [6, 6.07) is 10.5. The third-order valence-electron chi connectivity index (χ3n) is 5.80. The highest BCUT2D eigenvalue weighted by molar-refractivity contribution is 5.71. The number of halogens is 2. The normalized spacial score (nSPS) is 18.8. The minimum absolute atomic E-state index is 0.258. The van der Waals surface area contributed by atoms with Crippen molar-refractivity contribution >= 4 is 22.7 Å². The lowest BCUT2D eigenvalue weighted by molar-refractivity contribution is 0.123. The maximum atomic E-state index is 12.8. The molecule has 0 bridgehead atoms. The molecule has 2 aromatic heterocycles. The van der Waals surface area contributed by atoms with Crippen molar-refractivity contribution in [1.82, 2.24) is 19.7 Å². The third kappa shape index (κ3) is 3.06. The maximum absolute atomic E-state index is 12.8. The molecule has 2 aliphatic heterocycles. The standard InChI is InChI=1S/C20H22F2N6/c21-17(22)11-28-19-16(9-24-28)23-10-18(25-19)26-8-4-7-20(12-26)13-27(14-20)15-5-2-1-3-6-15/h1-3,5-6,9-10,17H,4,7-8,11-14H2. The molecule has 0 unspecified atom stereocenters. The molecule has 1 spiro atoms. The lowest BCUT2D eigenvalue weighted by Crippen LogP contribution is -2.63. The van der Waals surface area contributed by atoms with Crippen molar-refractivity contribution in [3.8, 4) is 0 Å². The lowest BCUT2D eigenvalue weighted by Gasteiger charge is -2.55. The molecule has 5 rings (SSSR count). The second kappa shape index (κ2) is 6.68. The van der Waals surface area contributed by atoms with Gasteiger partial charge in [0.2, 0.25) is 0 Å². The van der Waals surface area contributed by atoms with Crippen LogP contribution in [0, 0.1) is 5.41 Å². The second-order valence-corrected chi connectivity index (χ2v) is 7.87. The number of benzene rings is 1. The summed E-state index contributed by atoms with van der Waals surface area (Å²) in [7, 11) is 0. The number of fused-ring (bicyclic) bond motifs is 1. The number of anilines is 2. The molecule has 3 aromatic rings. The number of hydrogen-bond acceptors (Lipinski definition) is 5. The van der Waals surface area contributed by atoms with E-state index in [1.54, 1.807) is 6.20 Å². The Balaban J connectivity index is 1.34. The van der Waals surface area contributed by atoms with Gasteiger partial charge in [0.05, 0.1) is 12.4 Å². The number of para-hydroxylation sites is 1. The quantitative estimate of drug-likeness (QED) is 0.691. The van der Waals surface area contributed by atoms with Gasteiger partial charge in [-0.2, -0.15) is 5.10 Å². The second-order valence-electron chi connectivity index (χ2n) is 7.87. The molecular weight excluding hydrogens is 362 g/mol. The van der Waals surface area contributed by atoms with Gasteiger partial charge in [0.25, 0.3) is 6.43 Å². The van der Waals surface area contributed by atoms with Gasteiger partial charge in [-0.1, -0.05) is 18.2 Å². The fraction of sp³-hybridized carbons (Fsp3) is 0.450. The zero-order chi connectivity index (χ0) is 19.1. The Labute approximate surface area is 161 Å². The first-order valence-electron chi connectivity index (χ1n) is 9.64. The molecule has 0 N–H and O–H groups in total.